The number of nitrogens with zero attached hydrogens (tertiary/aromatic N) is 1. The van der Waals surface area contributed by atoms with Crippen LogP contribution in [0.2, 0.25) is 29.2 Å². The van der Waals surface area contributed by atoms with Gasteiger partial charge in [-0.15, -0.1) is 0 Å². The first-order valence-electron chi connectivity index (χ1n) is 10.5. The van der Waals surface area contributed by atoms with Crippen LogP contribution in [-0.2, 0) is 8.85 Å². The zero-order valence-corrected chi connectivity index (χ0v) is 20.5. The summed E-state index contributed by atoms with van der Waals surface area (Å²) in [5, 5.41) is 0. The largest absolute Gasteiger partial charge is 0.398 e. The predicted molar refractivity (Wildman–Crippen MR) is 115 cm³/mol. The molecule has 0 aromatic rings. The first kappa shape index (κ1) is 23.4. The molecule has 150 valence electrons. The third kappa shape index (κ3) is 5.19. The lowest BCUT2D eigenvalue weighted by Gasteiger charge is -2.55. The lowest BCUT2D eigenvalue weighted by atomic mass is 9.95. The van der Waals surface area contributed by atoms with Crippen LogP contribution in [0.5, 0.6) is 0 Å². The Morgan fingerprint density at radius 1 is 0.840 bits per heavy atom. The van der Waals surface area contributed by atoms with E-state index in [4.69, 9.17) is 8.85 Å². The summed E-state index contributed by atoms with van der Waals surface area (Å²) in [4.78, 5) is 0. The molecule has 0 spiro atoms. The monoisotopic (exact) mass is 387 g/mol. The van der Waals surface area contributed by atoms with Crippen LogP contribution in [0.1, 0.15) is 73.6 Å². The average molecular weight is 388 g/mol. The Hall–Kier alpha value is 0.314. The maximum atomic E-state index is 5.82. The fraction of sp³-hybridized carbons (Fsp3) is 1.00. The molecule has 1 aliphatic carbocycles. The van der Waals surface area contributed by atoms with E-state index in [-0.39, 0.29) is 0 Å². The van der Waals surface area contributed by atoms with Crippen molar-refractivity contribution >= 4 is 16.8 Å². The van der Waals surface area contributed by atoms with E-state index in [2.05, 4.69) is 52.7 Å². The average Bonchev–Trinajstić information content (AvgIpc) is 2.57. The molecule has 25 heavy (non-hydrogen) atoms. The van der Waals surface area contributed by atoms with E-state index >= 15 is 0 Å². The van der Waals surface area contributed by atoms with E-state index in [1.54, 1.807) is 0 Å². The van der Waals surface area contributed by atoms with E-state index in [1.807, 2.05) is 14.2 Å². The zero-order valence-electron chi connectivity index (χ0n) is 18.5. The number of hydrogen-bond acceptors (Lipinski definition) is 3. The fourth-order valence-corrected chi connectivity index (χ4v) is 14.5. The van der Waals surface area contributed by atoms with E-state index in [0.29, 0.717) is 0 Å². The van der Waals surface area contributed by atoms with E-state index in [9.17, 15) is 0 Å². The molecule has 5 heteroatoms. The Bertz CT molecular complexity index is 356. The van der Waals surface area contributed by atoms with Gasteiger partial charge in [0.05, 0.1) is 0 Å². The second-order valence-electron chi connectivity index (χ2n) is 9.13. The molecule has 0 bridgehead atoms. The molecular formula is C20H45NO2Si2. The van der Waals surface area contributed by atoms with Crippen molar-refractivity contribution in [1.29, 1.82) is 0 Å². The summed E-state index contributed by atoms with van der Waals surface area (Å²) >= 11 is 0. The third-order valence-electron chi connectivity index (χ3n) is 6.96. The van der Waals surface area contributed by atoms with Crippen molar-refractivity contribution in [2.45, 2.75) is 109 Å². The normalized spacial score (nSPS) is 18.1. The molecule has 1 rings (SSSR count). The van der Waals surface area contributed by atoms with Crippen LogP contribution in [0, 0.1) is 0 Å². The van der Waals surface area contributed by atoms with Crippen molar-refractivity contribution in [2.75, 3.05) is 20.8 Å². The summed E-state index contributed by atoms with van der Waals surface area (Å²) in [5.41, 5.74) is 2.31. The van der Waals surface area contributed by atoms with Crippen LogP contribution in [0.15, 0.2) is 0 Å². The summed E-state index contributed by atoms with van der Waals surface area (Å²) in [6.07, 6.45) is 7.01. The number of rotatable bonds is 10. The molecule has 0 heterocycles. The third-order valence-corrected chi connectivity index (χ3v) is 16.9. The summed E-state index contributed by atoms with van der Waals surface area (Å²) in [6, 6.07) is 1.86. The summed E-state index contributed by atoms with van der Waals surface area (Å²) in [5.74, 6) is 0. The van der Waals surface area contributed by atoms with Crippen molar-refractivity contribution in [3.05, 3.63) is 0 Å². The first-order valence-corrected chi connectivity index (χ1v) is 15.2. The van der Waals surface area contributed by atoms with Crippen LogP contribution >= 0.6 is 0 Å². The fourth-order valence-electron chi connectivity index (χ4n) is 5.69. The Morgan fingerprint density at radius 3 is 1.64 bits per heavy atom. The molecule has 0 N–H and O–H groups in total. The molecule has 1 fully saturated rings. The van der Waals surface area contributed by atoms with Gasteiger partial charge in [0.2, 0.25) is 0 Å². The summed E-state index contributed by atoms with van der Waals surface area (Å²) in [7, 11) is 0.0126. The highest BCUT2D eigenvalue weighted by Crippen LogP contribution is 2.46. The molecule has 0 unspecified atom stereocenters. The van der Waals surface area contributed by atoms with E-state index < -0.39 is 16.8 Å². The molecule has 1 saturated carbocycles. The smallest absolute Gasteiger partial charge is 0.335 e. The van der Waals surface area contributed by atoms with Crippen molar-refractivity contribution in [3.8, 4) is 0 Å². The van der Waals surface area contributed by atoms with Crippen LogP contribution in [0.4, 0.5) is 0 Å². The van der Waals surface area contributed by atoms with Gasteiger partial charge in [-0.1, -0.05) is 60.8 Å². The SMILES string of the molecule is CO[Si](C)(CCN(C1CCCCC1)[Si](C(C)C)(C(C)C)C(C)C)OC. The quantitative estimate of drug-likeness (QED) is 0.419. The van der Waals surface area contributed by atoms with E-state index in [1.165, 1.54) is 32.1 Å². The molecule has 0 aromatic heterocycles. The molecular weight excluding hydrogens is 342 g/mol. The Balaban J connectivity index is 3.22. The van der Waals surface area contributed by atoms with Gasteiger partial charge in [0.1, 0.15) is 8.24 Å². The zero-order chi connectivity index (χ0) is 19.3. The second kappa shape index (κ2) is 10.0. The van der Waals surface area contributed by atoms with Crippen LogP contribution in [0.3, 0.4) is 0 Å². The molecule has 0 radical (unpaired) electrons. The maximum absolute atomic E-state index is 5.82. The van der Waals surface area contributed by atoms with Gasteiger partial charge in [0, 0.05) is 26.3 Å². The minimum absolute atomic E-state index is 0.771. The highest BCUT2D eigenvalue weighted by Gasteiger charge is 2.50. The van der Waals surface area contributed by atoms with Crippen LogP contribution in [-0.4, -0.2) is 48.2 Å². The minimum Gasteiger partial charge on any atom is -0.398 e. The Labute approximate surface area is 160 Å². The standard InChI is InChI=1S/C20H45NO2Si2/c1-17(2)25(18(3)4,19(5)6)21(20-13-11-10-12-14-20)15-16-24(9,22-7)23-8/h17-20H,10-16H2,1-9H3. The molecule has 0 atom stereocenters. The summed E-state index contributed by atoms with van der Waals surface area (Å²) < 4.78 is 14.7. The van der Waals surface area contributed by atoms with Crippen LogP contribution in [0.25, 0.3) is 0 Å². The lowest BCUT2D eigenvalue weighted by molar-refractivity contribution is 0.217. The maximum Gasteiger partial charge on any atom is 0.335 e. The summed E-state index contributed by atoms with van der Waals surface area (Å²) in [6.45, 7) is 18.3. The van der Waals surface area contributed by atoms with Gasteiger partial charge in [-0.3, -0.25) is 0 Å². The van der Waals surface area contributed by atoms with Crippen molar-refractivity contribution in [1.82, 2.24) is 4.57 Å². The van der Waals surface area contributed by atoms with Gasteiger partial charge in [-0.25, -0.2) is 0 Å². The van der Waals surface area contributed by atoms with Gasteiger partial charge in [-0.2, -0.15) is 0 Å². The first-order chi connectivity index (χ1) is 11.7. The predicted octanol–water partition coefficient (Wildman–Crippen LogP) is 6.16. The number of hydrogen-bond donors (Lipinski definition) is 0. The molecule has 3 nitrogen and oxygen atoms in total. The minimum atomic E-state index is -2.03. The van der Waals surface area contributed by atoms with Gasteiger partial charge >= 0.3 is 8.56 Å². The van der Waals surface area contributed by atoms with Crippen molar-refractivity contribution < 1.29 is 8.85 Å². The molecule has 0 aliphatic heterocycles. The van der Waals surface area contributed by atoms with Crippen molar-refractivity contribution in [3.63, 3.8) is 0 Å². The van der Waals surface area contributed by atoms with Crippen LogP contribution < -0.4 is 0 Å². The molecule has 0 saturated heterocycles. The highest BCUT2D eigenvalue weighted by atomic mass is 28.4. The van der Waals surface area contributed by atoms with Gasteiger partial charge in [0.15, 0.2) is 0 Å². The molecule has 1 aliphatic rings. The molecule has 0 amide bonds. The van der Waals surface area contributed by atoms with E-state index in [0.717, 1.165) is 35.3 Å². The van der Waals surface area contributed by atoms with Crippen molar-refractivity contribution in [2.24, 2.45) is 0 Å². The lowest BCUT2D eigenvalue weighted by Crippen LogP contribution is -2.64. The van der Waals surface area contributed by atoms with Gasteiger partial charge < -0.3 is 13.4 Å². The topological polar surface area (TPSA) is 21.7 Å². The molecule has 0 aromatic carbocycles. The Kier molecular flexibility index (Phi) is 9.36. The second-order valence-corrected chi connectivity index (χ2v) is 18.5. The van der Waals surface area contributed by atoms with Gasteiger partial charge in [0.25, 0.3) is 0 Å². The Morgan fingerprint density at radius 2 is 1.28 bits per heavy atom. The van der Waals surface area contributed by atoms with Gasteiger partial charge in [-0.05, 0) is 42.6 Å². The highest BCUT2D eigenvalue weighted by molar-refractivity contribution is 6.81.